The van der Waals surface area contributed by atoms with Gasteiger partial charge < -0.3 is 8.83 Å². The van der Waals surface area contributed by atoms with E-state index >= 15 is 0 Å². The van der Waals surface area contributed by atoms with Crippen molar-refractivity contribution in [1.82, 2.24) is 0 Å². The highest BCUT2D eigenvalue weighted by Gasteiger charge is 2.14. The number of para-hydroxylation sites is 3. The van der Waals surface area contributed by atoms with Gasteiger partial charge in [-0.25, -0.2) is 4.79 Å². The summed E-state index contributed by atoms with van der Waals surface area (Å²) < 4.78 is 11.7. The first-order valence-corrected chi connectivity index (χ1v) is 9.16. The van der Waals surface area contributed by atoms with E-state index in [1.54, 1.807) is 0 Å². The molecule has 6 rings (SSSR count). The second-order valence-corrected chi connectivity index (χ2v) is 6.93. The lowest BCUT2D eigenvalue weighted by Crippen LogP contribution is -2.00. The average Bonchev–Trinajstić information content (AvgIpc) is 3.12. The zero-order chi connectivity index (χ0) is 18.7. The highest BCUT2D eigenvalue weighted by molar-refractivity contribution is 6.11. The van der Waals surface area contributed by atoms with Gasteiger partial charge in [-0.15, -0.1) is 0 Å². The Kier molecular flexibility index (Phi) is 3.03. The number of fused-ring (bicyclic) bond motifs is 6. The van der Waals surface area contributed by atoms with E-state index in [-0.39, 0.29) is 5.63 Å². The maximum absolute atomic E-state index is 12.6. The molecular formula is C25H14O3. The van der Waals surface area contributed by atoms with Crippen molar-refractivity contribution in [2.24, 2.45) is 0 Å². The van der Waals surface area contributed by atoms with E-state index in [4.69, 9.17) is 8.83 Å². The second kappa shape index (κ2) is 5.57. The Morgan fingerprint density at radius 2 is 1.21 bits per heavy atom. The lowest BCUT2D eigenvalue weighted by atomic mass is 9.99. The fourth-order valence-electron chi connectivity index (χ4n) is 4.02. The van der Waals surface area contributed by atoms with Gasteiger partial charge in [-0.1, -0.05) is 66.7 Å². The fraction of sp³-hybridized carbons (Fsp3) is 0. The van der Waals surface area contributed by atoms with Crippen molar-refractivity contribution >= 4 is 43.7 Å². The Hall–Kier alpha value is -3.85. The zero-order valence-electron chi connectivity index (χ0n) is 14.8. The van der Waals surface area contributed by atoms with E-state index in [0.29, 0.717) is 11.0 Å². The van der Waals surface area contributed by atoms with Gasteiger partial charge in [0, 0.05) is 21.7 Å². The second-order valence-electron chi connectivity index (χ2n) is 6.93. The van der Waals surface area contributed by atoms with E-state index in [1.807, 2.05) is 72.8 Å². The lowest BCUT2D eigenvalue weighted by Gasteiger charge is -2.06. The summed E-state index contributed by atoms with van der Waals surface area (Å²) in [6.07, 6.45) is 0. The van der Waals surface area contributed by atoms with Crippen LogP contribution in [0.3, 0.4) is 0 Å². The summed E-state index contributed by atoms with van der Waals surface area (Å²) >= 11 is 0. The first kappa shape index (κ1) is 15.2. The van der Waals surface area contributed by atoms with E-state index < -0.39 is 0 Å². The van der Waals surface area contributed by atoms with Gasteiger partial charge in [0.05, 0.1) is 5.39 Å². The lowest BCUT2D eigenvalue weighted by molar-refractivity contribution is 0.569. The molecule has 6 aromatic rings. The van der Waals surface area contributed by atoms with Crippen molar-refractivity contribution in [2.75, 3.05) is 0 Å². The van der Waals surface area contributed by atoms with Gasteiger partial charge in [0.15, 0.2) is 0 Å². The van der Waals surface area contributed by atoms with Crippen LogP contribution in [0.5, 0.6) is 0 Å². The average molecular weight is 362 g/mol. The number of rotatable bonds is 1. The molecule has 0 unspecified atom stereocenters. The zero-order valence-corrected chi connectivity index (χ0v) is 14.8. The molecule has 3 heteroatoms. The molecule has 28 heavy (non-hydrogen) atoms. The van der Waals surface area contributed by atoms with E-state index in [2.05, 4.69) is 12.1 Å². The smallest absolute Gasteiger partial charge is 0.344 e. The quantitative estimate of drug-likeness (QED) is 0.247. The molecule has 0 atom stereocenters. The Labute approximate surface area is 159 Å². The van der Waals surface area contributed by atoms with Crippen LogP contribution >= 0.6 is 0 Å². The van der Waals surface area contributed by atoms with E-state index in [9.17, 15) is 4.79 Å². The third-order valence-electron chi connectivity index (χ3n) is 5.33. The van der Waals surface area contributed by atoms with Gasteiger partial charge in [-0.2, -0.15) is 0 Å². The fourth-order valence-corrected chi connectivity index (χ4v) is 4.02. The van der Waals surface area contributed by atoms with Crippen LogP contribution < -0.4 is 5.63 Å². The Morgan fingerprint density at radius 1 is 0.536 bits per heavy atom. The number of hydrogen-bond acceptors (Lipinski definition) is 3. The summed E-state index contributed by atoms with van der Waals surface area (Å²) in [5.74, 6) is 0. The molecule has 3 nitrogen and oxygen atoms in total. The van der Waals surface area contributed by atoms with Gasteiger partial charge in [-0.3, -0.25) is 0 Å². The molecule has 2 aromatic heterocycles. The molecule has 0 fully saturated rings. The van der Waals surface area contributed by atoms with Crippen molar-refractivity contribution in [2.45, 2.75) is 0 Å². The van der Waals surface area contributed by atoms with Crippen LogP contribution in [0.25, 0.3) is 54.8 Å². The Bertz CT molecular complexity index is 1580. The third-order valence-corrected chi connectivity index (χ3v) is 5.33. The molecule has 4 aromatic carbocycles. The normalized spacial score (nSPS) is 11.7. The third kappa shape index (κ3) is 2.07. The van der Waals surface area contributed by atoms with Crippen LogP contribution in [0.2, 0.25) is 0 Å². The van der Waals surface area contributed by atoms with Crippen LogP contribution in [0.15, 0.2) is 98.6 Å². The first-order valence-electron chi connectivity index (χ1n) is 9.16. The van der Waals surface area contributed by atoms with Crippen molar-refractivity contribution in [3.63, 3.8) is 0 Å². The standard InChI is InChI=1S/C25H14O3/c26-25-21-14-15(12-13-17(21)18-6-1-4-11-23(18)28-25)16-8-5-9-20-19-7-2-3-10-22(19)27-24(16)20/h1-14H. The molecule has 0 saturated carbocycles. The van der Waals surface area contributed by atoms with Gasteiger partial charge in [0.25, 0.3) is 0 Å². The highest BCUT2D eigenvalue weighted by atomic mass is 16.4. The molecule has 132 valence electrons. The minimum atomic E-state index is -0.327. The van der Waals surface area contributed by atoms with Gasteiger partial charge in [0.2, 0.25) is 0 Å². The van der Waals surface area contributed by atoms with Crippen LogP contribution in [0.1, 0.15) is 0 Å². The molecule has 0 radical (unpaired) electrons. The van der Waals surface area contributed by atoms with Crippen molar-refractivity contribution < 1.29 is 8.83 Å². The SMILES string of the molecule is O=c1oc2ccccc2c2ccc(-c3cccc4c3oc3ccccc34)cc12. The van der Waals surface area contributed by atoms with Crippen LogP contribution in [-0.4, -0.2) is 0 Å². The van der Waals surface area contributed by atoms with Crippen molar-refractivity contribution in [3.05, 3.63) is 95.3 Å². The van der Waals surface area contributed by atoms with Gasteiger partial charge in [-0.05, 0) is 29.1 Å². The van der Waals surface area contributed by atoms with Crippen LogP contribution in [0, 0.1) is 0 Å². The van der Waals surface area contributed by atoms with E-state index in [1.165, 1.54) is 0 Å². The maximum atomic E-state index is 12.6. The summed E-state index contributed by atoms with van der Waals surface area (Å²) in [6, 6.07) is 27.7. The monoisotopic (exact) mass is 362 g/mol. The predicted octanol–water partition coefficient (Wildman–Crippen LogP) is 6.51. The minimum absolute atomic E-state index is 0.327. The summed E-state index contributed by atoms with van der Waals surface area (Å²) in [5, 5.41) is 4.56. The molecular weight excluding hydrogens is 348 g/mol. The molecule has 0 amide bonds. The molecule has 0 aliphatic rings. The summed E-state index contributed by atoms with van der Waals surface area (Å²) in [7, 11) is 0. The topological polar surface area (TPSA) is 43.4 Å². The Morgan fingerprint density at radius 3 is 2.04 bits per heavy atom. The van der Waals surface area contributed by atoms with Crippen LogP contribution in [-0.2, 0) is 0 Å². The van der Waals surface area contributed by atoms with Gasteiger partial charge in [0.1, 0.15) is 16.7 Å². The molecule has 0 aliphatic heterocycles. The summed E-state index contributed by atoms with van der Waals surface area (Å²) in [6.45, 7) is 0. The summed E-state index contributed by atoms with van der Waals surface area (Å²) in [5.41, 5.74) is 3.85. The largest absolute Gasteiger partial charge is 0.455 e. The maximum Gasteiger partial charge on any atom is 0.344 e. The predicted molar refractivity (Wildman–Crippen MR) is 113 cm³/mol. The molecule has 0 spiro atoms. The minimum Gasteiger partial charge on any atom is -0.455 e. The van der Waals surface area contributed by atoms with Crippen molar-refractivity contribution in [3.8, 4) is 11.1 Å². The molecule has 0 saturated heterocycles. The van der Waals surface area contributed by atoms with Crippen LogP contribution in [0.4, 0.5) is 0 Å². The highest BCUT2D eigenvalue weighted by Crippen LogP contribution is 2.36. The molecule has 2 heterocycles. The molecule has 0 bridgehead atoms. The van der Waals surface area contributed by atoms with Crippen molar-refractivity contribution in [1.29, 1.82) is 0 Å². The Balaban J connectivity index is 1.68. The first-order chi connectivity index (χ1) is 13.8. The summed E-state index contributed by atoms with van der Waals surface area (Å²) in [4.78, 5) is 12.6. The number of hydrogen-bond donors (Lipinski definition) is 0. The molecule has 0 aliphatic carbocycles. The van der Waals surface area contributed by atoms with E-state index in [0.717, 1.165) is 43.8 Å². The number of furan rings is 1. The molecule has 0 N–H and O–H groups in total. The van der Waals surface area contributed by atoms with Gasteiger partial charge >= 0.3 is 5.63 Å². The number of benzene rings is 4.